The molecule has 0 fully saturated rings. The molecule has 5 N–H and O–H groups in total. The zero-order valence-corrected chi connectivity index (χ0v) is 32.3. The minimum absolute atomic E-state index is 0.0262. The number of amides is 6. The van der Waals surface area contributed by atoms with Gasteiger partial charge in [-0.25, -0.2) is 9.67 Å². The SMILES string of the molecule is Cc1nc2n(n1)CC(=O)NCCN(C(=O)c1ccc3sc4c(c3c1)CCNC4=O)CCCC(=O)N[C@@H](C)C(=O)N[C@H](Cc1ccccc1)C(=O)N[C@H]2C(C)C. The fourth-order valence-electron chi connectivity index (χ4n) is 6.88. The Labute approximate surface area is 323 Å². The van der Waals surface area contributed by atoms with Crippen LogP contribution in [0.25, 0.3) is 10.1 Å². The van der Waals surface area contributed by atoms with Gasteiger partial charge in [0.1, 0.15) is 24.5 Å². The van der Waals surface area contributed by atoms with Crippen LogP contribution in [0, 0.1) is 12.8 Å². The van der Waals surface area contributed by atoms with Crippen molar-refractivity contribution in [2.24, 2.45) is 5.92 Å². The molecule has 3 atom stereocenters. The first-order valence-corrected chi connectivity index (χ1v) is 19.4. The zero-order chi connectivity index (χ0) is 39.2. The molecule has 16 heteroatoms. The number of nitrogens with one attached hydrogen (secondary N) is 5. The molecule has 290 valence electrons. The maximum atomic E-state index is 14.0. The molecule has 55 heavy (non-hydrogen) atoms. The van der Waals surface area contributed by atoms with Crippen LogP contribution in [0.1, 0.15) is 82.5 Å². The molecular weight excluding hydrogens is 723 g/mol. The fourth-order valence-corrected chi connectivity index (χ4v) is 8.03. The molecule has 0 radical (unpaired) electrons. The Morgan fingerprint density at radius 3 is 2.45 bits per heavy atom. The van der Waals surface area contributed by atoms with Crippen molar-refractivity contribution in [2.45, 2.75) is 78.0 Å². The first-order chi connectivity index (χ1) is 26.4. The first kappa shape index (κ1) is 39.1. The van der Waals surface area contributed by atoms with Gasteiger partial charge in [0.2, 0.25) is 23.6 Å². The lowest BCUT2D eigenvalue weighted by molar-refractivity contribution is -0.132. The van der Waals surface area contributed by atoms with Gasteiger partial charge in [-0.05, 0) is 67.3 Å². The average Bonchev–Trinajstić information content (AvgIpc) is 3.72. The lowest BCUT2D eigenvalue weighted by Crippen LogP contribution is -2.54. The van der Waals surface area contributed by atoms with E-state index in [9.17, 15) is 28.8 Å². The molecule has 6 rings (SSSR count). The summed E-state index contributed by atoms with van der Waals surface area (Å²) in [5.74, 6) is -1.49. The van der Waals surface area contributed by atoms with E-state index in [-0.39, 0.29) is 75.0 Å². The fraction of sp³-hybridized carbons (Fsp3) is 0.436. The van der Waals surface area contributed by atoms with Gasteiger partial charge in [0, 0.05) is 49.3 Å². The number of carbonyl (C=O) groups excluding carboxylic acids is 6. The average molecular weight is 770 g/mol. The summed E-state index contributed by atoms with van der Waals surface area (Å²) in [7, 11) is 0. The van der Waals surface area contributed by atoms with Crippen LogP contribution in [0.3, 0.4) is 0 Å². The van der Waals surface area contributed by atoms with E-state index in [1.54, 1.807) is 24.8 Å². The molecule has 2 aliphatic rings. The van der Waals surface area contributed by atoms with Crippen molar-refractivity contribution in [3.8, 4) is 0 Å². The van der Waals surface area contributed by atoms with Gasteiger partial charge >= 0.3 is 0 Å². The van der Waals surface area contributed by atoms with E-state index in [2.05, 4.69) is 36.7 Å². The number of aromatic nitrogens is 3. The summed E-state index contributed by atoms with van der Waals surface area (Å²) in [5.41, 5.74) is 2.19. The Kier molecular flexibility index (Phi) is 12.2. The zero-order valence-electron chi connectivity index (χ0n) is 31.4. The molecule has 0 spiro atoms. The Balaban J connectivity index is 1.26. The van der Waals surface area contributed by atoms with Gasteiger partial charge in [-0.1, -0.05) is 44.2 Å². The number of fused-ring (bicyclic) bond motifs is 4. The maximum Gasteiger partial charge on any atom is 0.261 e. The van der Waals surface area contributed by atoms with Crippen molar-refractivity contribution in [3.63, 3.8) is 0 Å². The predicted molar refractivity (Wildman–Crippen MR) is 206 cm³/mol. The lowest BCUT2D eigenvalue weighted by Gasteiger charge is -2.27. The minimum atomic E-state index is -0.989. The second-order valence-electron chi connectivity index (χ2n) is 14.3. The Bertz CT molecular complexity index is 2100. The third-order valence-electron chi connectivity index (χ3n) is 9.76. The van der Waals surface area contributed by atoms with Gasteiger partial charge < -0.3 is 31.5 Å². The van der Waals surface area contributed by atoms with Crippen molar-refractivity contribution in [1.29, 1.82) is 0 Å². The van der Waals surface area contributed by atoms with E-state index in [0.29, 0.717) is 35.1 Å². The van der Waals surface area contributed by atoms with Crippen LogP contribution in [-0.4, -0.2) is 93.4 Å². The third-order valence-corrected chi connectivity index (χ3v) is 11.0. The summed E-state index contributed by atoms with van der Waals surface area (Å²) in [5, 5.41) is 19.7. The lowest BCUT2D eigenvalue weighted by atomic mass is 10.0. The monoisotopic (exact) mass is 769 g/mol. The van der Waals surface area contributed by atoms with Crippen LogP contribution >= 0.6 is 11.3 Å². The van der Waals surface area contributed by atoms with E-state index in [1.807, 2.05) is 56.3 Å². The number of rotatable bonds is 4. The summed E-state index contributed by atoms with van der Waals surface area (Å²) >= 11 is 1.40. The molecule has 0 unspecified atom stereocenters. The highest BCUT2D eigenvalue weighted by Gasteiger charge is 2.31. The van der Waals surface area contributed by atoms with E-state index in [4.69, 9.17) is 0 Å². The second-order valence-corrected chi connectivity index (χ2v) is 15.4. The van der Waals surface area contributed by atoms with Crippen molar-refractivity contribution in [1.82, 2.24) is 46.2 Å². The molecular formula is C39H47N9O6S. The van der Waals surface area contributed by atoms with E-state index in [0.717, 1.165) is 21.2 Å². The summed E-state index contributed by atoms with van der Waals surface area (Å²) in [6.07, 6.45) is 1.18. The van der Waals surface area contributed by atoms with Crippen molar-refractivity contribution < 1.29 is 28.8 Å². The van der Waals surface area contributed by atoms with Gasteiger partial charge in [0.25, 0.3) is 11.8 Å². The molecule has 6 amide bonds. The number of thiophene rings is 1. The molecule has 4 heterocycles. The quantitative estimate of drug-likeness (QED) is 0.208. The standard InChI is InChI=1S/C39H47N9O6S/c1-22(2)33-35-43-24(4)46-48(35)21-32(50)40-16-18-47(39(54)26-12-13-30-28(20-26)27-14-15-41-38(53)34(27)55-30)17-8-11-31(49)42-23(3)36(51)44-29(37(52)45-33)19-25-9-6-5-7-10-25/h5-7,9-10,12-13,20,22-23,29,33H,8,11,14-19,21H2,1-4H3,(H,40,50)(H,41,53)(H,42,49)(H,44,51)(H,45,52)/t23-,29+,33-/m0/s1. The Morgan fingerprint density at radius 1 is 0.909 bits per heavy atom. The predicted octanol–water partition coefficient (Wildman–Crippen LogP) is 2.19. The van der Waals surface area contributed by atoms with Crippen LogP contribution in [0.15, 0.2) is 48.5 Å². The highest BCUT2D eigenvalue weighted by atomic mass is 32.1. The molecule has 0 saturated heterocycles. The highest BCUT2D eigenvalue weighted by Crippen LogP contribution is 2.34. The third kappa shape index (κ3) is 9.36. The molecule has 2 aromatic carbocycles. The van der Waals surface area contributed by atoms with Crippen LogP contribution < -0.4 is 26.6 Å². The molecule has 4 aromatic rings. The largest absolute Gasteiger partial charge is 0.353 e. The van der Waals surface area contributed by atoms with E-state index in [1.165, 1.54) is 16.0 Å². The Hall–Kier alpha value is -5.64. The molecule has 0 aliphatic carbocycles. The second kappa shape index (κ2) is 17.2. The summed E-state index contributed by atoms with van der Waals surface area (Å²) in [6, 6.07) is 12.1. The number of hydrogen-bond donors (Lipinski definition) is 5. The number of carbonyl (C=O) groups is 6. The van der Waals surface area contributed by atoms with E-state index >= 15 is 0 Å². The van der Waals surface area contributed by atoms with Gasteiger partial charge in [0.15, 0.2) is 5.82 Å². The number of benzene rings is 2. The normalized spacial score (nSPS) is 20.8. The van der Waals surface area contributed by atoms with Crippen molar-refractivity contribution >= 4 is 56.9 Å². The highest BCUT2D eigenvalue weighted by molar-refractivity contribution is 7.21. The molecule has 15 nitrogen and oxygen atoms in total. The van der Waals surface area contributed by atoms with Crippen molar-refractivity contribution in [3.05, 3.63) is 81.7 Å². The minimum Gasteiger partial charge on any atom is -0.353 e. The number of hydrogen-bond acceptors (Lipinski definition) is 9. The summed E-state index contributed by atoms with van der Waals surface area (Å²) in [6.45, 7) is 7.91. The maximum absolute atomic E-state index is 14.0. The topological polar surface area (TPSA) is 197 Å². The van der Waals surface area contributed by atoms with Gasteiger partial charge in [0.05, 0.1) is 10.9 Å². The summed E-state index contributed by atoms with van der Waals surface area (Å²) in [4.78, 5) is 87.2. The molecule has 2 aromatic heterocycles. The number of aryl methyl sites for hydroxylation is 1. The van der Waals surface area contributed by atoms with Crippen LogP contribution in [0.5, 0.6) is 0 Å². The van der Waals surface area contributed by atoms with Gasteiger partial charge in [-0.2, -0.15) is 5.10 Å². The van der Waals surface area contributed by atoms with Crippen LogP contribution in [0.2, 0.25) is 0 Å². The van der Waals surface area contributed by atoms with Gasteiger partial charge in [-0.15, -0.1) is 11.3 Å². The molecule has 0 saturated carbocycles. The van der Waals surface area contributed by atoms with Crippen molar-refractivity contribution in [2.75, 3.05) is 26.2 Å². The van der Waals surface area contributed by atoms with E-state index < -0.39 is 29.9 Å². The van der Waals surface area contributed by atoms with Crippen LogP contribution in [-0.2, 0) is 38.6 Å². The summed E-state index contributed by atoms with van der Waals surface area (Å²) < 4.78 is 2.39. The molecule has 2 aliphatic heterocycles. The Morgan fingerprint density at radius 2 is 1.69 bits per heavy atom. The molecule has 0 bridgehead atoms. The smallest absolute Gasteiger partial charge is 0.261 e. The number of nitrogens with zero attached hydrogens (tertiary/aromatic N) is 4. The van der Waals surface area contributed by atoms with Gasteiger partial charge in [-0.3, -0.25) is 28.8 Å². The first-order valence-electron chi connectivity index (χ1n) is 18.6. The van der Waals surface area contributed by atoms with Crippen LogP contribution in [0.4, 0.5) is 0 Å².